The smallest absolute Gasteiger partial charge is 0.226 e. The highest BCUT2D eigenvalue weighted by molar-refractivity contribution is 6.17. The summed E-state index contributed by atoms with van der Waals surface area (Å²) in [6.45, 7) is 2.81. The van der Waals surface area contributed by atoms with Crippen molar-refractivity contribution in [2.75, 3.05) is 12.5 Å². The Morgan fingerprint density at radius 2 is 2.31 bits per heavy atom. The van der Waals surface area contributed by atoms with Crippen LogP contribution in [0.2, 0.25) is 0 Å². The lowest BCUT2D eigenvalue weighted by Crippen LogP contribution is -2.31. The summed E-state index contributed by atoms with van der Waals surface area (Å²) in [7, 11) is 0. The molecule has 0 saturated carbocycles. The van der Waals surface area contributed by atoms with Crippen molar-refractivity contribution in [1.82, 2.24) is 10.1 Å². The zero-order valence-corrected chi connectivity index (χ0v) is 10.3. The van der Waals surface area contributed by atoms with Crippen molar-refractivity contribution in [3.05, 3.63) is 11.7 Å². The second-order valence-corrected chi connectivity index (χ2v) is 4.72. The van der Waals surface area contributed by atoms with E-state index in [1.807, 2.05) is 6.92 Å². The van der Waals surface area contributed by atoms with Gasteiger partial charge in [0.05, 0.1) is 0 Å². The normalized spacial score (nSPS) is 25.9. The van der Waals surface area contributed by atoms with E-state index in [0.717, 1.165) is 38.7 Å². The van der Waals surface area contributed by atoms with Crippen LogP contribution in [0.3, 0.4) is 0 Å². The predicted octanol–water partition coefficient (Wildman–Crippen LogP) is 2.66. The molecule has 1 aromatic heterocycles. The third-order valence-electron chi connectivity index (χ3n) is 2.93. The molecule has 2 heterocycles. The molecule has 1 aliphatic rings. The summed E-state index contributed by atoms with van der Waals surface area (Å²) in [5.74, 6) is 1.95. The third kappa shape index (κ3) is 2.55. The van der Waals surface area contributed by atoms with E-state index in [0.29, 0.717) is 17.6 Å². The van der Waals surface area contributed by atoms with Gasteiger partial charge >= 0.3 is 0 Å². The van der Waals surface area contributed by atoms with Crippen molar-refractivity contribution in [2.24, 2.45) is 0 Å². The largest absolute Gasteiger partial charge is 0.367 e. The van der Waals surface area contributed by atoms with Crippen LogP contribution in [-0.4, -0.2) is 22.6 Å². The van der Waals surface area contributed by atoms with Crippen LogP contribution in [0.1, 0.15) is 44.3 Å². The molecule has 1 unspecified atom stereocenters. The molecule has 5 heteroatoms. The lowest BCUT2D eigenvalue weighted by atomic mass is 9.95. The van der Waals surface area contributed by atoms with E-state index in [1.165, 1.54) is 0 Å². The van der Waals surface area contributed by atoms with Crippen LogP contribution < -0.4 is 0 Å². The second kappa shape index (κ2) is 5.15. The Morgan fingerprint density at radius 1 is 1.44 bits per heavy atom. The molecular formula is C11H17ClN2O2. The zero-order chi connectivity index (χ0) is 11.4. The van der Waals surface area contributed by atoms with Gasteiger partial charge in [-0.15, -0.1) is 11.6 Å². The quantitative estimate of drug-likeness (QED) is 0.764. The van der Waals surface area contributed by atoms with E-state index in [2.05, 4.69) is 10.1 Å². The zero-order valence-electron chi connectivity index (χ0n) is 9.54. The summed E-state index contributed by atoms with van der Waals surface area (Å²) in [6.07, 6.45) is 4.84. The summed E-state index contributed by atoms with van der Waals surface area (Å²) < 4.78 is 10.9. The van der Waals surface area contributed by atoms with Crippen LogP contribution in [0, 0.1) is 0 Å². The minimum Gasteiger partial charge on any atom is -0.367 e. The summed E-state index contributed by atoms with van der Waals surface area (Å²) in [5.41, 5.74) is -0.360. The van der Waals surface area contributed by atoms with Crippen LogP contribution in [0.15, 0.2) is 4.52 Å². The summed E-state index contributed by atoms with van der Waals surface area (Å²) in [4.78, 5) is 4.38. The van der Waals surface area contributed by atoms with Crippen LogP contribution in [-0.2, 0) is 16.8 Å². The monoisotopic (exact) mass is 244 g/mol. The number of halogens is 1. The molecule has 1 aromatic rings. The van der Waals surface area contributed by atoms with E-state index in [9.17, 15) is 0 Å². The molecule has 1 atom stereocenters. The average molecular weight is 245 g/mol. The van der Waals surface area contributed by atoms with Gasteiger partial charge in [0.2, 0.25) is 11.7 Å². The minimum atomic E-state index is -0.360. The van der Waals surface area contributed by atoms with Crippen LogP contribution in [0.25, 0.3) is 0 Å². The van der Waals surface area contributed by atoms with Gasteiger partial charge in [-0.3, -0.25) is 0 Å². The fourth-order valence-corrected chi connectivity index (χ4v) is 2.03. The van der Waals surface area contributed by atoms with Crippen LogP contribution >= 0.6 is 11.6 Å². The van der Waals surface area contributed by atoms with E-state index < -0.39 is 0 Å². The maximum absolute atomic E-state index is 5.76. The van der Waals surface area contributed by atoms with Gasteiger partial charge in [0.1, 0.15) is 5.60 Å². The number of hydrogen-bond donors (Lipinski definition) is 0. The van der Waals surface area contributed by atoms with Crippen molar-refractivity contribution >= 4 is 11.6 Å². The lowest BCUT2D eigenvalue weighted by Gasteiger charge is -2.30. The van der Waals surface area contributed by atoms with Crippen LogP contribution in [0.5, 0.6) is 0 Å². The molecule has 0 aliphatic carbocycles. The first kappa shape index (κ1) is 11.9. The first-order valence-corrected chi connectivity index (χ1v) is 6.31. The fourth-order valence-electron chi connectivity index (χ4n) is 1.90. The Balaban J connectivity index is 2.05. The van der Waals surface area contributed by atoms with Crippen molar-refractivity contribution < 1.29 is 9.26 Å². The Kier molecular flexibility index (Phi) is 3.82. The third-order valence-corrected chi connectivity index (χ3v) is 3.20. The number of nitrogens with zero attached hydrogens (tertiary/aromatic N) is 2. The molecule has 0 bridgehead atoms. The number of aryl methyl sites for hydroxylation is 1. The Morgan fingerprint density at radius 3 is 3.00 bits per heavy atom. The Hall–Kier alpha value is -0.610. The SMILES string of the molecule is CC1(c2noc(CCCCl)n2)CCCCO1. The van der Waals surface area contributed by atoms with Gasteiger partial charge in [-0.1, -0.05) is 5.16 Å². The number of aromatic nitrogens is 2. The summed E-state index contributed by atoms with van der Waals surface area (Å²) >= 11 is 5.62. The van der Waals surface area contributed by atoms with Crippen molar-refractivity contribution in [1.29, 1.82) is 0 Å². The number of ether oxygens (including phenoxy) is 1. The number of alkyl halides is 1. The lowest BCUT2D eigenvalue weighted by molar-refractivity contribution is -0.0770. The molecule has 4 nitrogen and oxygen atoms in total. The van der Waals surface area contributed by atoms with Gasteiger partial charge in [-0.05, 0) is 32.6 Å². The van der Waals surface area contributed by atoms with E-state index in [-0.39, 0.29) is 5.60 Å². The van der Waals surface area contributed by atoms with Crippen LogP contribution in [0.4, 0.5) is 0 Å². The standard InChI is InChI=1S/C11H17ClN2O2/c1-11(6-2-3-8-15-11)10-13-9(16-14-10)5-4-7-12/h2-8H2,1H3. The summed E-state index contributed by atoms with van der Waals surface area (Å²) in [5, 5.41) is 4.01. The molecule has 0 N–H and O–H groups in total. The molecular weight excluding hydrogens is 228 g/mol. The van der Waals surface area contributed by atoms with Gasteiger partial charge in [0, 0.05) is 18.9 Å². The first-order valence-electron chi connectivity index (χ1n) is 5.77. The highest BCUT2D eigenvalue weighted by Gasteiger charge is 2.34. The molecule has 1 aliphatic heterocycles. The highest BCUT2D eigenvalue weighted by atomic mass is 35.5. The van der Waals surface area contributed by atoms with E-state index >= 15 is 0 Å². The van der Waals surface area contributed by atoms with Crippen molar-refractivity contribution in [2.45, 2.75) is 44.6 Å². The molecule has 16 heavy (non-hydrogen) atoms. The molecule has 2 rings (SSSR count). The first-order chi connectivity index (χ1) is 7.74. The molecule has 0 aromatic carbocycles. The molecule has 90 valence electrons. The van der Waals surface area contributed by atoms with Crippen molar-refractivity contribution in [3.8, 4) is 0 Å². The van der Waals surface area contributed by atoms with E-state index in [1.54, 1.807) is 0 Å². The molecule has 1 fully saturated rings. The predicted molar refractivity (Wildman–Crippen MR) is 60.5 cm³/mol. The molecule has 0 radical (unpaired) electrons. The number of rotatable bonds is 4. The average Bonchev–Trinajstić information content (AvgIpc) is 2.77. The Bertz CT molecular complexity index is 334. The minimum absolute atomic E-state index is 0.360. The maximum atomic E-state index is 5.76. The fraction of sp³-hybridized carbons (Fsp3) is 0.818. The van der Waals surface area contributed by atoms with Crippen molar-refractivity contribution in [3.63, 3.8) is 0 Å². The van der Waals surface area contributed by atoms with Gasteiger partial charge in [-0.2, -0.15) is 4.98 Å². The van der Waals surface area contributed by atoms with Gasteiger partial charge < -0.3 is 9.26 Å². The maximum Gasteiger partial charge on any atom is 0.226 e. The molecule has 0 spiro atoms. The second-order valence-electron chi connectivity index (χ2n) is 4.34. The Labute approximate surface area is 100 Å². The topological polar surface area (TPSA) is 48.2 Å². The van der Waals surface area contributed by atoms with Gasteiger partial charge in [0.25, 0.3) is 0 Å². The van der Waals surface area contributed by atoms with Gasteiger partial charge in [-0.25, -0.2) is 0 Å². The van der Waals surface area contributed by atoms with Gasteiger partial charge in [0.15, 0.2) is 0 Å². The summed E-state index contributed by atoms with van der Waals surface area (Å²) in [6, 6.07) is 0. The molecule has 0 amide bonds. The highest BCUT2D eigenvalue weighted by Crippen LogP contribution is 2.32. The number of hydrogen-bond acceptors (Lipinski definition) is 4. The molecule has 1 saturated heterocycles. The van der Waals surface area contributed by atoms with E-state index in [4.69, 9.17) is 20.9 Å².